The molecule has 1 saturated heterocycles. The summed E-state index contributed by atoms with van der Waals surface area (Å²) in [5, 5.41) is 5.67. The Labute approximate surface area is 146 Å². The molecule has 0 saturated carbocycles. The molecule has 24 heavy (non-hydrogen) atoms. The van der Waals surface area contributed by atoms with E-state index in [-0.39, 0.29) is 12.3 Å². The average molecular weight is 345 g/mol. The summed E-state index contributed by atoms with van der Waals surface area (Å²) in [6, 6.07) is 8.04. The highest BCUT2D eigenvalue weighted by Gasteiger charge is 2.14. The number of piperazine rings is 1. The monoisotopic (exact) mass is 345 g/mol. The van der Waals surface area contributed by atoms with Gasteiger partial charge in [-0.25, -0.2) is 4.98 Å². The van der Waals surface area contributed by atoms with Gasteiger partial charge in [0.25, 0.3) is 0 Å². The van der Waals surface area contributed by atoms with Gasteiger partial charge in [0.15, 0.2) is 0 Å². The number of likely N-dealkylation sites (N-methyl/N-ethyl adjacent to an activating group) is 1. The minimum atomic E-state index is -0.0591. The van der Waals surface area contributed by atoms with Crippen molar-refractivity contribution in [1.82, 2.24) is 9.88 Å². The zero-order valence-electron chi connectivity index (χ0n) is 13.9. The maximum atomic E-state index is 12.1. The fourth-order valence-electron chi connectivity index (χ4n) is 2.71. The van der Waals surface area contributed by atoms with Crippen LogP contribution in [0, 0.1) is 0 Å². The number of nitrogens with two attached hydrogens (primary N) is 1. The van der Waals surface area contributed by atoms with Crippen LogP contribution in [0.2, 0.25) is 0 Å². The van der Waals surface area contributed by atoms with E-state index < -0.39 is 0 Å². The van der Waals surface area contributed by atoms with Crippen molar-refractivity contribution in [3.63, 3.8) is 0 Å². The lowest BCUT2D eigenvalue weighted by atomic mass is 10.2. The number of thiazole rings is 1. The lowest BCUT2D eigenvalue weighted by Crippen LogP contribution is -2.44. The Morgan fingerprint density at radius 3 is 2.58 bits per heavy atom. The van der Waals surface area contributed by atoms with Crippen LogP contribution < -0.4 is 16.0 Å². The molecular weight excluding hydrogens is 322 g/mol. The van der Waals surface area contributed by atoms with Crippen molar-refractivity contribution in [3.05, 3.63) is 40.3 Å². The van der Waals surface area contributed by atoms with Gasteiger partial charge in [-0.15, -0.1) is 11.3 Å². The van der Waals surface area contributed by atoms with Crippen LogP contribution in [0.15, 0.2) is 29.6 Å². The van der Waals surface area contributed by atoms with E-state index in [1.54, 1.807) is 0 Å². The minimum absolute atomic E-state index is 0.0591. The predicted octanol–water partition coefficient (Wildman–Crippen LogP) is 1.53. The van der Waals surface area contributed by atoms with E-state index in [4.69, 9.17) is 5.73 Å². The molecule has 3 rings (SSSR count). The SMILES string of the molecule is CN1CCN(c2ccc(NC(=O)Cc3csc(CN)n3)cc2)CC1. The van der Waals surface area contributed by atoms with Gasteiger partial charge in [-0.05, 0) is 31.3 Å². The van der Waals surface area contributed by atoms with Crippen molar-refractivity contribution in [2.75, 3.05) is 43.4 Å². The summed E-state index contributed by atoms with van der Waals surface area (Å²) in [7, 11) is 2.15. The third kappa shape index (κ3) is 4.31. The van der Waals surface area contributed by atoms with Crippen LogP contribution >= 0.6 is 11.3 Å². The van der Waals surface area contributed by atoms with Crippen LogP contribution in [0.4, 0.5) is 11.4 Å². The second-order valence-corrected chi connectivity index (χ2v) is 6.94. The fraction of sp³-hybridized carbons (Fsp3) is 0.412. The molecule has 0 unspecified atom stereocenters. The average Bonchev–Trinajstić information content (AvgIpc) is 3.04. The standard InChI is InChI=1S/C17H23N5OS/c1-21-6-8-22(9-7-21)15-4-2-13(3-5-15)19-16(23)10-14-12-24-17(11-18)20-14/h2-5,12H,6-11,18H2,1H3,(H,19,23). The molecule has 2 aromatic rings. The Bertz CT molecular complexity index is 677. The number of nitrogens with zero attached hydrogens (tertiary/aromatic N) is 3. The first-order valence-corrected chi connectivity index (χ1v) is 8.99. The summed E-state index contributed by atoms with van der Waals surface area (Å²) in [5.74, 6) is -0.0591. The van der Waals surface area contributed by atoms with E-state index in [0.717, 1.165) is 42.6 Å². The van der Waals surface area contributed by atoms with E-state index in [0.29, 0.717) is 6.54 Å². The van der Waals surface area contributed by atoms with Crippen molar-refractivity contribution >= 4 is 28.6 Å². The van der Waals surface area contributed by atoms with Crippen LogP contribution in [0.1, 0.15) is 10.7 Å². The Morgan fingerprint density at radius 2 is 1.96 bits per heavy atom. The molecule has 1 aromatic heterocycles. The van der Waals surface area contributed by atoms with E-state index >= 15 is 0 Å². The zero-order chi connectivity index (χ0) is 16.9. The van der Waals surface area contributed by atoms with Gasteiger partial charge >= 0.3 is 0 Å². The molecule has 2 heterocycles. The molecule has 0 spiro atoms. The van der Waals surface area contributed by atoms with Crippen molar-refractivity contribution < 1.29 is 4.79 Å². The summed E-state index contributed by atoms with van der Waals surface area (Å²) in [4.78, 5) is 21.1. The number of carbonyl (C=O) groups is 1. The molecule has 3 N–H and O–H groups in total. The molecule has 0 aliphatic carbocycles. The summed E-state index contributed by atoms with van der Waals surface area (Å²) < 4.78 is 0. The lowest BCUT2D eigenvalue weighted by Gasteiger charge is -2.34. The topological polar surface area (TPSA) is 74.5 Å². The molecule has 1 amide bonds. The Balaban J connectivity index is 1.54. The van der Waals surface area contributed by atoms with Gasteiger partial charge in [-0.3, -0.25) is 4.79 Å². The smallest absolute Gasteiger partial charge is 0.230 e. The van der Waals surface area contributed by atoms with Crippen molar-refractivity contribution in [2.45, 2.75) is 13.0 Å². The zero-order valence-corrected chi connectivity index (χ0v) is 14.7. The largest absolute Gasteiger partial charge is 0.369 e. The van der Waals surface area contributed by atoms with E-state index in [2.05, 4.69) is 39.3 Å². The van der Waals surface area contributed by atoms with Crippen LogP contribution in [-0.2, 0) is 17.8 Å². The first kappa shape index (κ1) is 16.9. The quantitative estimate of drug-likeness (QED) is 0.860. The molecule has 1 aliphatic heterocycles. The summed E-state index contributed by atoms with van der Waals surface area (Å²) in [6.45, 7) is 4.65. The fourth-order valence-corrected chi connectivity index (χ4v) is 3.39. The van der Waals surface area contributed by atoms with Gasteiger partial charge in [0.05, 0.1) is 12.1 Å². The van der Waals surface area contributed by atoms with Gasteiger partial charge in [0, 0.05) is 49.5 Å². The molecule has 1 aliphatic rings. The second-order valence-electron chi connectivity index (χ2n) is 6.00. The third-order valence-electron chi connectivity index (χ3n) is 4.14. The number of nitrogens with one attached hydrogen (secondary N) is 1. The maximum Gasteiger partial charge on any atom is 0.230 e. The molecular formula is C17H23N5OS. The number of benzene rings is 1. The number of hydrogen-bond acceptors (Lipinski definition) is 6. The first-order chi connectivity index (χ1) is 11.6. The highest BCUT2D eigenvalue weighted by atomic mass is 32.1. The van der Waals surface area contributed by atoms with Gasteiger partial charge in [-0.1, -0.05) is 0 Å². The minimum Gasteiger partial charge on any atom is -0.369 e. The first-order valence-electron chi connectivity index (χ1n) is 8.11. The van der Waals surface area contributed by atoms with Crippen LogP contribution in [0.3, 0.4) is 0 Å². The molecule has 0 radical (unpaired) electrons. The van der Waals surface area contributed by atoms with Crippen molar-refractivity contribution in [3.8, 4) is 0 Å². The van der Waals surface area contributed by atoms with Crippen LogP contribution in [0.25, 0.3) is 0 Å². The number of amides is 1. The molecule has 6 nitrogen and oxygen atoms in total. The summed E-state index contributed by atoms with van der Waals surface area (Å²) in [6.07, 6.45) is 0.275. The second kappa shape index (κ2) is 7.74. The number of hydrogen-bond donors (Lipinski definition) is 2. The van der Waals surface area contributed by atoms with Gasteiger partial charge < -0.3 is 20.9 Å². The number of rotatable bonds is 5. The highest BCUT2D eigenvalue weighted by Crippen LogP contribution is 2.19. The molecule has 0 bridgehead atoms. The van der Waals surface area contributed by atoms with Gasteiger partial charge in [0.1, 0.15) is 5.01 Å². The van der Waals surface area contributed by atoms with E-state index in [9.17, 15) is 4.79 Å². The van der Waals surface area contributed by atoms with Crippen LogP contribution in [-0.4, -0.2) is 49.0 Å². The molecule has 128 valence electrons. The molecule has 1 fully saturated rings. The molecule has 0 atom stereocenters. The van der Waals surface area contributed by atoms with E-state index in [1.807, 2.05) is 17.5 Å². The number of carbonyl (C=O) groups excluding carboxylic acids is 1. The normalized spacial score (nSPS) is 15.5. The van der Waals surface area contributed by atoms with Crippen LogP contribution in [0.5, 0.6) is 0 Å². The Hall–Kier alpha value is -1.96. The van der Waals surface area contributed by atoms with Crippen molar-refractivity contribution in [1.29, 1.82) is 0 Å². The van der Waals surface area contributed by atoms with Gasteiger partial charge in [-0.2, -0.15) is 0 Å². The highest BCUT2D eigenvalue weighted by molar-refractivity contribution is 7.09. The Kier molecular flexibility index (Phi) is 5.44. The Morgan fingerprint density at radius 1 is 1.25 bits per heavy atom. The third-order valence-corrected chi connectivity index (χ3v) is 5.06. The van der Waals surface area contributed by atoms with Gasteiger partial charge in [0.2, 0.25) is 5.91 Å². The lowest BCUT2D eigenvalue weighted by molar-refractivity contribution is -0.115. The number of aromatic nitrogens is 1. The van der Waals surface area contributed by atoms with Crippen molar-refractivity contribution in [2.24, 2.45) is 5.73 Å². The predicted molar refractivity (Wildman–Crippen MR) is 98.5 cm³/mol. The summed E-state index contributed by atoms with van der Waals surface area (Å²) in [5.41, 5.74) is 8.33. The maximum absolute atomic E-state index is 12.1. The molecule has 7 heteroatoms. The summed E-state index contributed by atoms with van der Waals surface area (Å²) >= 11 is 1.49. The van der Waals surface area contributed by atoms with E-state index in [1.165, 1.54) is 17.0 Å². The number of anilines is 2. The molecule has 1 aromatic carbocycles.